The van der Waals surface area contributed by atoms with Crippen LogP contribution in [0.4, 0.5) is 5.69 Å². The third kappa shape index (κ3) is 4.99. The summed E-state index contributed by atoms with van der Waals surface area (Å²) in [6.45, 7) is 0.222. The van der Waals surface area contributed by atoms with Gasteiger partial charge in [-0.1, -0.05) is 48.0 Å². The fourth-order valence-electron chi connectivity index (χ4n) is 2.87. The van der Waals surface area contributed by atoms with E-state index in [1.807, 2.05) is 30.3 Å². The zero-order valence-electron chi connectivity index (χ0n) is 16.5. The monoisotopic (exact) mass is 444 g/mol. The van der Waals surface area contributed by atoms with Gasteiger partial charge >= 0.3 is 0 Å². The van der Waals surface area contributed by atoms with E-state index in [0.29, 0.717) is 16.3 Å². The normalized spacial score (nSPS) is 11.3. The molecule has 3 rings (SSSR count). The molecule has 0 bridgehead atoms. The number of ether oxygens (including phenoxy) is 1. The van der Waals surface area contributed by atoms with Crippen molar-refractivity contribution in [3.63, 3.8) is 0 Å². The highest BCUT2D eigenvalue weighted by molar-refractivity contribution is 7.89. The number of anilines is 1. The minimum Gasteiger partial charge on any atom is -0.495 e. The minimum absolute atomic E-state index is 0.0446. The van der Waals surface area contributed by atoms with Gasteiger partial charge in [0.1, 0.15) is 5.75 Å². The maximum absolute atomic E-state index is 13.0. The van der Waals surface area contributed by atoms with Crippen molar-refractivity contribution < 1.29 is 17.9 Å². The van der Waals surface area contributed by atoms with E-state index in [2.05, 4.69) is 5.32 Å². The molecule has 0 saturated carbocycles. The fraction of sp³-hybridized carbons (Fsp3) is 0.136. The highest BCUT2D eigenvalue weighted by Gasteiger charge is 2.23. The number of sulfonamides is 1. The molecule has 3 aromatic rings. The highest BCUT2D eigenvalue weighted by atomic mass is 35.5. The van der Waals surface area contributed by atoms with E-state index in [9.17, 15) is 13.2 Å². The Labute approximate surface area is 181 Å². The van der Waals surface area contributed by atoms with Gasteiger partial charge in [0.15, 0.2) is 0 Å². The van der Waals surface area contributed by atoms with Crippen LogP contribution in [0.3, 0.4) is 0 Å². The van der Waals surface area contributed by atoms with E-state index in [1.54, 1.807) is 18.2 Å². The number of hydrogen-bond donors (Lipinski definition) is 1. The van der Waals surface area contributed by atoms with E-state index in [1.165, 1.54) is 42.7 Å². The predicted octanol–water partition coefficient (Wildman–Crippen LogP) is 4.42. The van der Waals surface area contributed by atoms with Crippen molar-refractivity contribution in [3.05, 3.63) is 88.9 Å². The smallest absolute Gasteiger partial charge is 0.255 e. The summed E-state index contributed by atoms with van der Waals surface area (Å²) >= 11 is 5.95. The van der Waals surface area contributed by atoms with Crippen LogP contribution < -0.4 is 10.1 Å². The lowest BCUT2D eigenvalue weighted by atomic mass is 10.2. The lowest BCUT2D eigenvalue weighted by Crippen LogP contribution is -2.26. The Balaban J connectivity index is 1.88. The quantitative estimate of drug-likeness (QED) is 0.585. The molecule has 0 aliphatic heterocycles. The second-order valence-corrected chi connectivity index (χ2v) is 9.05. The van der Waals surface area contributed by atoms with Gasteiger partial charge in [-0.25, -0.2) is 8.42 Å². The Hall–Kier alpha value is -2.87. The molecule has 0 unspecified atom stereocenters. The van der Waals surface area contributed by atoms with E-state index in [-0.39, 0.29) is 17.1 Å². The van der Waals surface area contributed by atoms with Gasteiger partial charge in [-0.3, -0.25) is 4.79 Å². The third-order valence-electron chi connectivity index (χ3n) is 4.46. The molecule has 0 aromatic heterocycles. The summed E-state index contributed by atoms with van der Waals surface area (Å²) in [4.78, 5) is 12.6. The first-order valence-corrected chi connectivity index (χ1v) is 10.9. The second kappa shape index (κ2) is 9.30. The molecule has 6 nitrogen and oxygen atoms in total. The van der Waals surface area contributed by atoms with Crippen LogP contribution in [-0.4, -0.2) is 32.8 Å². The summed E-state index contributed by atoms with van der Waals surface area (Å²) in [6.07, 6.45) is 0. The first-order chi connectivity index (χ1) is 14.3. The van der Waals surface area contributed by atoms with Gasteiger partial charge in [0.2, 0.25) is 10.0 Å². The Morgan fingerprint density at radius 3 is 2.43 bits per heavy atom. The molecule has 1 amide bonds. The van der Waals surface area contributed by atoms with Crippen LogP contribution in [0.15, 0.2) is 77.7 Å². The molecule has 0 aliphatic rings. The number of amides is 1. The van der Waals surface area contributed by atoms with Crippen LogP contribution in [0.25, 0.3) is 0 Å². The standard InChI is InChI=1S/C22H21ClN2O4S/c1-25(15-16-7-4-3-5-8-16)30(27,28)19-11-12-21(29-2)20(14-19)24-22(26)17-9-6-10-18(23)13-17/h3-14H,15H2,1-2H3,(H,24,26). The maximum atomic E-state index is 13.0. The van der Waals surface area contributed by atoms with Crippen LogP contribution in [0, 0.1) is 0 Å². The summed E-state index contributed by atoms with van der Waals surface area (Å²) < 4.78 is 32.6. The molecular formula is C22H21ClN2O4S. The van der Waals surface area contributed by atoms with E-state index in [0.717, 1.165) is 5.56 Å². The average Bonchev–Trinajstić information content (AvgIpc) is 2.74. The average molecular weight is 445 g/mol. The minimum atomic E-state index is -3.79. The Morgan fingerprint density at radius 2 is 1.77 bits per heavy atom. The molecular weight excluding hydrogens is 424 g/mol. The van der Waals surface area contributed by atoms with Crippen LogP contribution in [-0.2, 0) is 16.6 Å². The number of hydrogen-bond acceptors (Lipinski definition) is 4. The molecule has 30 heavy (non-hydrogen) atoms. The molecule has 156 valence electrons. The first kappa shape index (κ1) is 21.8. The number of rotatable bonds is 7. The SMILES string of the molecule is COc1ccc(S(=O)(=O)N(C)Cc2ccccc2)cc1NC(=O)c1cccc(Cl)c1. The van der Waals surface area contributed by atoms with E-state index >= 15 is 0 Å². The summed E-state index contributed by atoms with van der Waals surface area (Å²) in [5.74, 6) is -0.0852. The van der Waals surface area contributed by atoms with Gasteiger partial charge in [0.25, 0.3) is 5.91 Å². The second-order valence-electron chi connectivity index (χ2n) is 6.57. The third-order valence-corrected chi connectivity index (χ3v) is 6.50. The van der Waals surface area contributed by atoms with Crippen molar-refractivity contribution >= 4 is 33.2 Å². The van der Waals surface area contributed by atoms with Gasteiger partial charge in [-0.15, -0.1) is 0 Å². The van der Waals surface area contributed by atoms with Crippen molar-refractivity contribution in [3.8, 4) is 5.75 Å². The molecule has 1 N–H and O–H groups in total. The fourth-order valence-corrected chi connectivity index (χ4v) is 4.25. The van der Waals surface area contributed by atoms with Crippen molar-refractivity contribution in [1.82, 2.24) is 4.31 Å². The zero-order chi connectivity index (χ0) is 21.7. The van der Waals surface area contributed by atoms with Crippen molar-refractivity contribution in [1.29, 1.82) is 0 Å². The van der Waals surface area contributed by atoms with Gasteiger partial charge in [-0.05, 0) is 42.0 Å². The lowest BCUT2D eigenvalue weighted by Gasteiger charge is -2.19. The van der Waals surface area contributed by atoms with E-state index in [4.69, 9.17) is 16.3 Å². The number of nitrogens with zero attached hydrogens (tertiary/aromatic N) is 1. The molecule has 8 heteroatoms. The van der Waals surface area contributed by atoms with Crippen molar-refractivity contribution in [2.24, 2.45) is 0 Å². The number of benzene rings is 3. The van der Waals surface area contributed by atoms with Gasteiger partial charge in [0.05, 0.1) is 17.7 Å². The number of carbonyl (C=O) groups excluding carboxylic acids is 1. The van der Waals surface area contributed by atoms with Crippen molar-refractivity contribution in [2.45, 2.75) is 11.4 Å². The highest BCUT2D eigenvalue weighted by Crippen LogP contribution is 2.29. The predicted molar refractivity (Wildman–Crippen MR) is 117 cm³/mol. The van der Waals surface area contributed by atoms with Crippen LogP contribution >= 0.6 is 11.6 Å². The maximum Gasteiger partial charge on any atom is 0.255 e. The van der Waals surface area contributed by atoms with E-state index < -0.39 is 15.9 Å². The Morgan fingerprint density at radius 1 is 1.03 bits per heavy atom. The molecule has 3 aromatic carbocycles. The summed E-state index contributed by atoms with van der Waals surface area (Å²) in [5, 5.41) is 3.13. The molecule has 0 aliphatic carbocycles. The van der Waals surface area contributed by atoms with Gasteiger partial charge in [-0.2, -0.15) is 4.31 Å². The summed E-state index contributed by atoms with van der Waals surface area (Å²) in [6, 6.07) is 20.1. The summed E-state index contributed by atoms with van der Waals surface area (Å²) in [7, 11) is -0.831. The molecule has 0 atom stereocenters. The summed E-state index contributed by atoms with van der Waals surface area (Å²) in [5.41, 5.74) is 1.46. The molecule has 0 fully saturated rings. The largest absolute Gasteiger partial charge is 0.495 e. The molecule has 0 radical (unpaired) electrons. The van der Waals surface area contributed by atoms with Crippen LogP contribution in [0.2, 0.25) is 5.02 Å². The van der Waals surface area contributed by atoms with Crippen molar-refractivity contribution in [2.75, 3.05) is 19.5 Å². The zero-order valence-corrected chi connectivity index (χ0v) is 18.1. The number of halogens is 1. The van der Waals surface area contributed by atoms with Gasteiger partial charge in [0, 0.05) is 24.2 Å². The number of nitrogens with one attached hydrogen (secondary N) is 1. The number of carbonyl (C=O) groups is 1. The lowest BCUT2D eigenvalue weighted by molar-refractivity contribution is 0.102. The Kier molecular flexibility index (Phi) is 6.77. The molecule has 0 spiro atoms. The first-order valence-electron chi connectivity index (χ1n) is 9.06. The van der Waals surface area contributed by atoms with Crippen LogP contribution in [0.5, 0.6) is 5.75 Å². The van der Waals surface area contributed by atoms with Gasteiger partial charge < -0.3 is 10.1 Å². The molecule has 0 saturated heterocycles. The topological polar surface area (TPSA) is 75.7 Å². The Bertz CT molecular complexity index is 1150. The van der Waals surface area contributed by atoms with Crippen LogP contribution in [0.1, 0.15) is 15.9 Å². The molecule has 0 heterocycles. The number of methoxy groups -OCH3 is 1.